The van der Waals surface area contributed by atoms with Gasteiger partial charge in [-0.1, -0.05) is 25.6 Å². The Morgan fingerprint density at radius 2 is 2.22 bits per heavy atom. The van der Waals surface area contributed by atoms with Crippen molar-refractivity contribution in [3.63, 3.8) is 0 Å². The monoisotopic (exact) mass is 266 g/mol. The number of thioether (sulfide) groups is 1. The van der Waals surface area contributed by atoms with Crippen molar-refractivity contribution >= 4 is 23.4 Å². The van der Waals surface area contributed by atoms with Crippen LogP contribution in [0.15, 0.2) is 11.2 Å². The van der Waals surface area contributed by atoms with Crippen LogP contribution >= 0.6 is 11.8 Å². The largest absolute Gasteiger partial charge is 0.373 e. The molecule has 1 atom stereocenters. The van der Waals surface area contributed by atoms with Crippen molar-refractivity contribution in [3.8, 4) is 0 Å². The van der Waals surface area contributed by atoms with Gasteiger partial charge >= 0.3 is 0 Å². The maximum atomic E-state index is 4.61. The molecule has 0 saturated carbocycles. The van der Waals surface area contributed by atoms with Crippen LogP contribution in [0.25, 0.3) is 0 Å². The van der Waals surface area contributed by atoms with E-state index in [0.717, 1.165) is 41.7 Å². The van der Waals surface area contributed by atoms with E-state index in [4.69, 9.17) is 0 Å². The molecule has 1 unspecified atom stereocenters. The molecular formula is C13H22N4S. The van der Waals surface area contributed by atoms with Crippen LogP contribution in [0.5, 0.6) is 0 Å². The second-order valence-electron chi connectivity index (χ2n) is 5.09. The first-order valence-corrected chi connectivity index (χ1v) is 7.72. The Bertz CT molecular complexity index is 386. The zero-order chi connectivity index (χ0) is 13.1. The van der Waals surface area contributed by atoms with Gasteiger partial charge in [0.1, 0.15) is 11.6 Å². The zero-order valence-corrected chi connectivity index (χ0v) is 12.4. The van der Waals surface area contributed by atoms with E-state index in [1.54, 1.807) is 11.8 Å². The summed E-state index contributed by atoms with van der Waals surface area (Å²) in [7, 11) is 1.90. The van der Waals surface area contributed by atoms with E-state index < -0.39 is 0 Å². The maximum absolute atomic E-state index is 4.61. The second-order valence-corrected chi connectivity index (χ2v) is 5.86. The average Bonchev–Trinajstić information content (AvgIpc) is 2.87. The fraction of sp³-hybridized carbons (Fsp3) is 0.692. The maximum Gasteiger partial charge on any atom is 0.191 e. The van der Waals surface area contributed by atoms with Crippen LogP contribution in [0.2, 0.25) is 0 Å². The molecule has 0 aliphatic carbocycles. The van der Waals surface area contributed by atoms with Gasteiger partial charge in [0.2, 0.25) is 0 Å². The van der Waals surface area contributed by atoms with Crippen LogP contribution in [0.1, 0.15) is 20.3 Å². The smallest absolute Gasteiger partial charge is 0.191 e. The molecule has 1 aliphatic heterocycles. The van der Waals surface area contributed by atoms with Crippen LogP contribution < -0.4 is 10.2 Å². The summed E-state index contributed by atoms with van der Waals surface area (Å²) in [6.07, 6.45) is 3.28. The Kier molecular flexibility index (Phi) is 4.32. The van der Waals surface area contributed by atoms with Crippen molar-refractivity contribution < 1.29 is 0 Å². The molecule has 5 heteroatoms. The SMILES string of the molecule is CNc1cc(N2CCC(C(C)C)C2)nc(SC)n1. The van der Waals surface area contributed by atoms with Crippen LogP contribution in [-0.4, -0.2) is 36.4 Å². The average molecular weight is 266 g/mol. The van der Waals surface area contributed by atoms with Crippen LogP contribution in [0.3, 0.4) is 0 Å². The summed E-state index contributed by atoms with van der Waals surface area (Å²) in [5.41, 5.74) is 0. The van der Waals surface area contributed by atoms with Gasteiger partial charge in [-0.2, -0.15) is 0 Å². The molecule has 1 aromatic heterocycles. The third-order valence-electron chi connectivity index (χ3n) is 3.62. The summed E-state index contributed by atoms with van der Waals surface area (Å²) >= 11 is 1.59. The minimum Gasteiger partial charge on any atom is -0.373 e. The lowest BCUT2D eigenvalue weighted by molar-refractivity contribution is 0.422. The summed E-state index contributed by atoms with van der Waals surface area (Å²) in [4.78, 5) is 11.4. The Morgan fingerprint density at radius 3 is 2.78 bits per heavy atom. The lowest BCUT2D eigenvalue weighted by Crippen LogP contribution is -2.22. The molecule has 2 heterocycles. The van der Waals surface area contributed by atoms with Gasteiger partial charge in [-0.25, -0.2) is 9.97 Å². The molecule has 0 spiro atoms. The van der Waals surface area contributed by atoms with Gasteiger partial charge in [0.15, 0.2) is 5.16 Å². The van der Waals surface area contributed by atoms with Crippen molar-refractivity contribution in [3.05, 3.63) is 6.07 Å². The molecule has 0 aromatic carbocycles. The predicted octanol–water partition coefficient (Wildman–Crippen LogP) is 2.72. The quantitative estimate of drug-likeness (QED) is 0.670. The minimum atomic E-state index is 0.751. The molecule has 1 N–H and O–H groups in total. The fourth-order valence-corrected chi connectivity index (χ4v) is 2.71. The summed E-state index contributed by atoms with van der Waals surface area (Å²) in [5, 5.41) is 3.95. The zero-order valence-electron chi connectivity index (χ0n) is 11.6. The molecular weight excluding hydrogens is 244 g/mol. The van der Waals surface area contributed by atoms with E-state index in [0.29, 0.717) is 0 Å². The number of aromatic nitrogens is 2. The first-order valence-electron chi connectivity index (χ1n) is 6.49. The molecule has 1 saturated heterocycles. The molecule has 0 radical (unpaired) electrons. The van der Waals surface area contributed by atoms with Gasteiger partial charge < -0.3 is 10.2 Å². The Balaban J connectivity index is 2.18. The van der Waals surface area contributed by atoms with Gasteiger partial charge in [-0.3, -0.25) is 0 Å². The number of rotatable bonds is 4. The van der Waals surface area contributed by atoms with Crippen molar-refractivity contribution in [2.24, 2.45) is 11.8 Å². The highest BCUT2D eigenvalue weighted by Gasteiger charge is 2.26. The highest BCUT2D eigenvalue weighted by molar-refractivity contribution is 7.98. The lowest BCUT2D eigenvalue weighted by atomic mass is 9.95. The molecule has 100 valence electrons. The van der Waals surface area contributed by atoms with E-state index in [-0.39, 0.29) is 0 Å². The topological polar surface area (TPSA) is 41.0 Å². The van der Waals surface area contributed by atoms with Gasteiger partial charge in [0.25, 0.3) is 0 Å². The molecule has 4 nitrogen and oxygen atoms in total. The van der Waals surface area contributed by atoms with Crippen LogP contribution in [0, 0.1) is 11.8 Å². The minimum absolute atomic E-state index is 0.751. The van der Waals surface area contributed by atoms with Crippen molar-refractivity contribution in [1.82, 2.24) is 9.97 Å². The number of anilines is 2. The molecule has 0 bridgehead atoms. The number of nitrogens with one attached hydrogen (secondary N) is 1. The van der Waals surface area contributed by atoms with Gasteiger partial charge in [0, 0.05) is 26.2 Å². The Labute approximate surface area is 114 Å². The summed E-state index contributed by atoms with van der Waals surface area (Å²) in [5.74, 6) is 3.50. The highest BCUT2D eigenvalue weighted by Crippen LogP contribution is 2.29. The molecule has 1 fully saturated rings. The Morgan fingerprint density at radius 1 is 1.44 bits per heavy atom. The van der Waals surface area contributed by atoms with Gasteiger partial charge in [0.05, 0.1) is 0 Å². The molecule has 1 aromatic rings. The third kappa shape index (κ3) is 2.88. The first-order chi connectivity index (χ1) is 8.63. The van der Waals surface area contributed by atoms with E-state index in [1.165, 1.54) is 6.42 Å². The molecule has 18 heavy (non-hydrogen) atoms. The van der Waals surface area contributed by atoms with Crippen molar-refractivity contribution in [2.45, 2.75) is 25.4 Å². The fourth-order valence-electron chi connectivity index (χ4n) is 2.33. The summed E-state index contributed by atoms with van der Waals surface area (Å²) < 4.78 is 0. The lowest BCUT2D eigenvalue weighted by Gasteiger charge is -2.20. The second kappa shape index (κ2) is 5.78. The van der Waals surface area contributed by atoms with Gasteiger partial charge in [-0.15, -0.1) is 0 Å². The standard InChI is InChI=1S/C13H22N4S/c1-9(2)10-5-6-17(8-10)12-7-11(14-3)15-13(16-12)18-4/h7,9-10H,5-6,8H2,1-4H3,(H,14,15,16). The number of nitrogens with zero attached hydrogens (tertiary/aromatic N) is 3. The van der Waals surface area contributed by atoms with E-state index in [9.17, 15) is 0 Å². The van der Waals surface area contributed by atoms with E-state index in [1.807, 2.05) is 19.4 Å². The Hall–Kier alpha value is -0.970. The van der Waals surface area contributed by atoms with Crippen molar-refractivity contribution in [2.75, 3.05) is 36.6 Å². The van der Waals surface area contributed by atoms with Gasteiger partial charge in [-0.05, 0) is 24.5 Å². The van der Waals surface area contributed by atoms with E-state index in [2.05, 4.69) is 34.0 Å². The van der Waals surface area contributed by atoms with Crippen LogP contribution in [0.4, 0.5) is 11.6 Å². The molecule has 1 aliphatic rings. The van der Waals surface area contributed by atoms with E-state index >= 15 is 0 Å². The summed E-state index contributed by atoms with van der Waals surface area (Å²) in [6, 6.07) is 2.04. The third-order valence-corrected chi connectivity index (χ3v) is 4.17. The van der Waals surface area contributed by atoms with Crippen molar-refractivity contribution in [1.29, 1.82) is 0 Å². The highest BCUT2D eigenvalue weighted by atomic mass is 32.2. The van der Waals surface area contributed by atoms with Crippen LogP contribution in [-0.2, 0) is 0 Å². The first kappa shape index (κ1) is 13.5. The number of hydrogen-bond donors (Lipinski definition) is 1. The summed E-state index contributed by atoms with van der Waals surface area (Å²) in [6.45, 7) is 6.84. The number of hydrogen-bond acceptors (Lipinski definition) is 5. The normalized spacial score (nSPS) is 19.6. The molecule has 0 amide bonds. The molecule has 2 rings (SSSR count). The predicted molar refractivity (Wildman–Crippen MR) is 78.5 cm³/mol.